The van der Waals surface area contributed by atoms with Gasteiger partial charge in [-0.05, 0) is 11.8 Å². The number of rotatable bonds is 2. The van der Waals surface area contributed by atoms with Gasteiger partial charge >= 0.3 is 0 Å². The van der Waals surface area contributed by atoms with E-state index in [1.807, 2.05) is 5.40 Å². The smallest absolute Gasteiger partial charge is 0.162 e. The van der Waals surface area contributed by atoms with E-state index in [0.29, 0.717) is 11.6 Å². The van der Waals surface area contributed by atoms with Crippen LogP contribution in [0.2, 0.25) is 0 Å². The maximum absolute atomic E-state index is 8.39. The molecule has 1 atom stereocenters. The molecule has 0 fully saturated rings. The number of thiocyanates is 1. The van der Waals surface area contributed by atoms with Crippen LogP contribution in [0.25, 0.3) is 0 Å². The van der Waals surface area contributed by atoms with E-state index >= 15 is 0 Å². The summed E-state index contributed by atoms with van der Waals surface area (Å²) in [4.78, 5) is 16.1. The molecule has 64 valence electrons. The minimum atomic E-state index is -0.147. The van der Waals surface area contributed by atoms with Gasteiger partial charge < -0.3 is 0 Å². The van der Waals surface area contributed by atoms with E-state index in [-0.39, 0.29) is 6.04 Å². The number of fused-ring (bicyclic) bond motifs is 1. The molecule has 13 heavy (non-hydrogen) atoms. The fourth-order valence-corrected chi connectivity index (χ4v) is 1.54. The minimum Gasteiger partial charge on any atom is -0.256 e. The van der Waals surface area contributed by atoms with E-state index < -0.39 is 0 Å². The molecule has 0 spiro atoms. The third-order valence-corrected chi connectivity index (χ3v) is 2.23. The topological polar surface area (TPSA) is 73.2 Å². The number of amidine groups is 1. The first-order chi connectivity index (χ1) is 6.42. The first-order valence-electron chi connectivity index (χ1n) is 3.61. The van der Waals surface area contributed by atoms with E-state index in [4.69, 9.17) is 5.26 Å². The largest absolute Gasteiger partial charge is 0.256 e. The van der Waals surface area contributed by atoms with E-state index in [9.17, 15) is 0 Å². The fraction of sp³-hybridized carbons (Fsp3) is 0.286. The summed E-state index contributed by atoms with van der Waals surface area (Å²) < 4.78 is 0. The SMILES string of the molecule is N#CSCC1=NC=NC2=NC=NC12. The van der Waals surface area contributed by atoms with Gasteiger partial charge in [0.25, 0.3) is 0 Å². The van der Waals surface area contributed by atoms with E-state index in [2.05, 4.69) is 20.0 Å². The molecular formula is C7H5N5S. The van der Waals surface area contributed by atoms with Crippen molar-refractivity contribution in [2.24, 2.45) is 20.0 Å². The molecule has 0 radical (unpaired) electrons. The monoisotopic (exact) mass is 191 g/mol. The van der Waals surface area contributed by atoms with Crippen LogP contribution in [-0.4, -0.2) is 36.0 Å². The summed E-state index contributed by atoms with van der Waals surface area (Å²) in [5.74, 6) is 1.23. The molecule has 0 aromatic rings. The van der Waals surface area contributed by atoms with Crippen molar-refractivity contribution in [3.05, 3.63) is 0 Å². The summed E-state index contributed by atoms with van der Waals surface area (Å²) >= 11 is 1.15. The van der Waals surface area contributed by atoms with Gasteiger partial charge in [-0.15, -0.1) is 0 Å². The maximum atomic E-state index is 8.39. The summed E-state index contributed by atoms with van der Waals surface area (Å²) in [5, 5.41) is 10.4. The fourth-order valence-electron chi connectivity index (χ4n) is 1.09. The number of thioether (sulfide) groups is 1. The van der Waals surface area contributed by atoms with E-state index in [1.54, 1.807) is 0 Å². The van der Waals surface area contributed by atoms with Crippen LogP contribution in [0.5, 0.6) is 0 Å². The van der Waals surface area contributed by atoms with Gasteiger partial charge in [0.05, 0.1) is 5.71 Å². The van der Waals surface area contributed by atoms with Gasteiger partial charge in [0.15, 0.2) is 11.9 Å². The summed E-state index contributed by atoms with van der Waals surface area (Å²) in [6.07, 6.45) is 2.94. The van der Waals surface area contributed by atoms with E-state index in [0.717, 1.165) is 17.5 Å². The molecule has 2 rings (SSSR count). The van der Waals surface area contributed by atoms with Crippen molar-refractivity contribution in [3.8, 4) is 5.40 Å². The lowest BCUT2D eigenvalue weighted by molar-refractivity contribution is 1.13. The van der Waals surface area contributed by atoms with Crippen molar-refractivity contribution >= 4 is 36.0 Å². The van der Waals surface area contributed by atoms with Gasteiger partial charge in [-0.1, -0.05) is 0 Å². The first kappa shape index (κ1) is 8.13. The predicted octanol–water partition coefficient (Wildman–Crippen LogP) is 0.493. The molecule has 0 aliphatic carbocycles. The van der Waals surface area contributed by atoms with Crippen LogP contribution in [0, 0.1) is 10.7 Å². The Kier molecular flexibility index (Phi) is 2.19. The first-order valence-corrected chi connectivity index (χ1v) is 4.59. The van der Waals surface area contributed by atoms with Crippen molar-refractivity contribution in [2.75, 3.05) is 5.75 Å². The zero-order valence-corrected chi connectivity index (χ0v) is 7.40. The van der Waals surface area contributed by atoms with Gasteiger partial charge in [-0.25, -0.2) is 15.0 Å². The molecule has 6 heteroatoms. The summed E-state index contributed by atoms with van der Waals surface area (Å²) in [5.41, 5.74) is 0.842. The normalized spacial score (nSPS) is 23.5. The number of nitrogens with zero attached hydrogens (tertiary/aromatic N) is 5. The predicted molar refractivity (Wildman–Crippen MR) is 53.7 cm³/mol. The number of aliphatic imine (C=N–C) groups is 4. The standard InChI is InChI=1S/C7H5N5S/c8-2-13-1-5-6-7(11-3-9-5)12-4-10-6/h3-4,6H,1H2. The Morgan fingerprint density at radius 3 is 3.23 bits per heavy atom. The van der Waals surface area contributed by atoms with Crippen LogP contribution < -0.4 is 0 Å². The van der Waals surface area contributed by atoms with Crippen molar-refractivity contribution in [2.45, 2.75) is 6.04 Å². The Morgan fingerprint density at radius 1 is 1.46 bits per heavy atom. The molecule has 0 N–H and O–H groups in total. The Hall–Kier alpha value is -1.48. The van der Waals surface area contributed by atoms with Gasteiger partial charge in [0.1, 0.15) is 18.1 Å². The zero-order chi connectivity index (χ0) is 9.10. The average Bonchev–Trinajstić information content (AvgIpc) is 2.62. The number of nitriles is 1. The van der Waals surface area contributed by atoms with Crippen molar-refractivity contribution in [1.29, 1.82) is 5.26 Å². The van der Waals surface area contributed by atoms with Gasteiger partial charge in [-0.3, -0.25) is 4.99 Å². The molecule has 2 aliphatic rings. The molecule has 5 nitrogen and oxygen atoms in total. The highest BCUT2D eigenvalue weighted by Gasteiger charge is 2.25. The number of hydrogen-bond donors (Lipinski definition) is 0. The molecule has 2 aliphatic heterocycles. The van der Waals surface area contributed by atoms with Crippen LogP contribution in [0.4, 0.5) is 0 Å². The molecule has 0 aromatic heterocycles. The quantitative estimate of drug-likeness (QED) is 0.596. The second kappa shape index (κ2) is 3.49. The highest BCUT2D eigenvalue weighted by molar-refractivity contribution is 8.04. The molecule has 2 heterocycles. The van der Waals surface area contributed by atoms with Crippen molar-refractivity contribution < 1.29 is 0 Å². The van der Waals surface area contributed by atoms with E-state index in [1.165, 1.54) is 12.7 Å². The highest BCUT2D eigenvalue weighted by atomic mass is 32.2. The Balaban J connectivity index is 2.15. The minimum absolute atomic E-state index is 0.147. The molecule has 0 bridgehead atoms. The van der Waals surface area contributed by atoms with Crippen LogP contribution in [0.1, 0.15) is 0 Å². The second-order valence-electron chi connectivity index (χ2n) is 2.40. The Morgan fingerprint density at radius 2 is 2.38 bits per heavy atom. The van der Waals surface area contributed by atoms with Crippen LogP contribution in [0.15, 0.2) is 20.0 Å². The number of hydrogen-bond acceptors (Lipinski definition) is 6. The van der Waals surface area contributed by atoms with Gasteiger partial charge in [-0.2, -0.15) is 5.26 Å². The van der Waals surface area contributed by atoms with Crippen molar-refractivity contribution in [1.82, 2.24) is 0 Å². The Bertz CT molecular complexity index is 373. The molecule has 0 aromatic carbocycles. The summed E-state index contributed by atoms with van der Waals surface area (Å²) in [6, 6.07) is -0.147. The van der Waals surface area contributed by atoms with Crippen LogP contribution in [-0.2, 0) is 0 Å². The highest BCUT2D eigenvalue weighted by Crippen LogP contribution is 2.12. The van der Waals surface area contributed by atoms with Crippen molar-refractivity contribution in [3.63, 3.8) is 0 Å². The summed E-state index contributed by atoms with van der Waals surface area (Å²) in [6.45, 7) is 0. The van der Waals surface area contributed by atoms with Crippen LogP contribution in [0.3, 0.4) is 0 Å². The van der Waals surface area contributed by atoms with Gasteiger partial charge in [0.2, 0.25) is 0 Å². The Labute approximate surface area is 79.0 Å². The van der Waals surface area contributed by atoms with Gasteiger partial charge in [0, 0.05) is 5.75 Å². The lowest BCUT2D eigenvalue weighted by Crippen LogP contribution is -2.29. The zero-order valence-electron chi connectivity index (χ0n) is 6.58. The van der Waals surface area contributed by atoms with Crippen LogP contribution >= 0.6 is 11.8 Å². The third kappa shape index (κ3) is 1.51. The lowest BCUT2D eigenvalue weighted by atomic mass is 10.2. The molecular weight excluding hydrogens is 186 g/mol. The average molecular weight is 191 g/mol. The third-order valence-electron chi connectivity index (χ3n) is 1.66. The lowest BCUT2D eigenvalue weighted by Gasteiger charge is -2.11. The molecule has 0 amide bonds. The maximum Gasteiger partial charge on any atom is 0.162 e. The second-order valence-corrected chi connectivity index (χ2v) is 3.16. The molecule has 1 unspecified atom stereocenters. The molecule has 0 saturated carbocycles. The molecule has 0 saturated heterocycles. The summed E-state index contributed by atoms with van der Waals surface area (Å²) in [7, 11) is 0.